The Morgan fingerprint density at radius 2 is 1.95 bits per heavy atom. The number of imidazole rings is 1. The zero-order valence-electron chi connectivity index (χ0n) is 13.1. The molecule has 1 aliphatic rings. The predicted octanol–water partition coefficient (Wildman–Crippen LogP) is 5.24. The topological polar surface area (TPSA) is 29.9 Å². The third kappa shape index (κ3) is 2.73. The summed E-state index contributed by atoms with van der Waals surface area (Å²) in [5.41, 5.74) is 2.19. The Bertz CT molecular complexity index is 680. The van der Waals surface area contributed by atoms with Crippen LogP contribution in [-0.2, 0) is 0 Å². The highest BCUT2D eigenvalue weighted by Crippen LogP contribution is 2.37. The van der Waals surface area contributed by atoms with Crippen LogP contribution in [0.1, 0.15) is 52.5 Å². The lowest BCUT2D eigenvalue weighted by molar-refractivity contribution is 0.245. The molecule has 3 rings (SSSR count). The molecule has 1 saturated carbocycles. The van der Waals surface area contributed by atoms with Gasteiger partial charge in [-0.3, -0.25) is 0 Å². The minimum atomic E-state index is 0.160. The lowest BCUT2D eigenvalue weighted by atomic mass is 9.99. The van der Waals surface area contributed by atoms with Gasteiger partial charge in [-0.15, -0.1) is 0 Å². The van der Waals surface area contributed by atoms with Crippen molar-refractivity contribution >= 4 is 23.3 Å². The van der Waals surface area contributed by atoms with Gasteiger partial charge in [-0.2, -0.15) is 0 Å². The van der Waals surface area contributed by atoms with Crippen LogP contribution in [0.3, 0.4) is 0 Å². The summed E-state index contributed by atoms with van der Waals surface area (Å²) in [6.07, 6.45) is 5.50. The van der Waals surface area contributed by atoms with Crippen LogP contribution in [0.4, 0.5) is 0 Å². The van der Waals surface area contributed by atoms with Gasteiger partial charge in [-0.25, -0.2) is 0 Å². The fraction of sp³-hybridized carbons (Fsp3) is 0.588. The molecule has 0 amide bonds. The van der Waals surface area contributed by atoms with E-state index in [1.807, 2.05) is 19.9 Å². The maximum atomic E-state index is 5.91. The molecule has 0 spiro atoms. The van der Waals surface area contributed by atoms with Gasteiger partial charge in [0.2, 0.25) is 0 Å². The molecule has 1 aromatic heterocycles. The van der Waals surface area contributed by atoms with Gasteiger partial charge in [0.25, 0.3) is 0 Å². The highest BCUT2D eigenvalue weighted by atomic mass is 32.1. The molecule has 0 bridgehead atoms. The molecule has 1 atom stereocenters. The number of aromatic amines is 1. The van der Waals surface area contributed by atoms with Crippen LogP contribution in [0.2, 0.25) is 0 Å². The fourth-order valence-corrected chi connectivity index (χ4v) is 3.90. The SMILES string of the molecule is CC(C)Oc1cccc2c1[nH]c(=S)n2C(C)C1CCCC1. The monoisotopic (exact) mass is 304 g/mol. The van der Waals surface area contributed by atoms with Crippen molar-refractivity contribution in [1.29, 1.82) is 0 Å². The zero-order chi connectivity index (χ0) is 15.0. The molecule has 3 nitrogen and oxygen atoms in total. The average molecular weight is 304 g/mol. The lowest BCUT2D eigenvalue weighted by Crippen LogP contribution is -2.14. The van der Waals surface area contributed by atoms with Crippen molar-refractivity contribution in [2.45, 2.75) is 58.6 Å². The van der Waals surface area contributed by atoms with Gasteiger partial charge in [0.15, 0.2) is 4.77 Å². The van der Waals surface area contributed by atoms with E-state index in [0.717, 1.165) is 27.5 Å². The minimum absolute atomic E-state index is 0.160. The van der Waals surface area contributed by atoms with Crippen LogP contribution in [0.15, 0.2) is 18.2 Å². The van der Waals surface area contributed by atoms with Gasteiger partial charge in [0, 0.05) is 6.04 Å². The van der Waals surface area contributed by atoms with Crippen LogP contribution in [0.25, 0.3) is 11.0 Å². The van der Waals surface area contributed by atoms with Gasteiger partial charge < -0.3 is 14.3 Å². The molecule has 114 valence electrons. The second-order valence-corrected chi connectivity index (χ2v) is 6.79. The summed E-state index contributed by atoms with van der Waals surface area (Å²) in [5, 5.41) is 0. The number of hydrogen-bond donors (Lipinski definition) is 1. The molecule has 0 radical (unpaired) electrons. The quantitative estimate of drug-likeness (QED) is 0.783. The van der Waals surface area contributed by atoms with E-state index in [1.165, 1.54) is 25.7 Å². The Morgan fingerprint density at radius 3 is 2.62 bits per heavy atom. The van der Waals surface area contributed by atoms with Crippen molar-refractivity contribution in [2.75, 3.05) is 0 Å². The molecule has 0 aliphatic heterocycles. The first-order valence-electron chi connectivity index (χ1n) is 7.98. The first-order valence-corrected chi connectivity index (χ1v) is 8.38. The maximum absolute atomic E-state index is 5.91. The molecular weight excluding hydrogens is 280 g/mol. The summed E-state index contributed by atoms with van der Waals surface area (Å²) in [6, 6.07) is 6.65. The maximum Gasteiger partial charge on any atom is 0.178 e. The summed E-state index contributed by atoms with van der Waals surface area (Å²) in [5.74, 6) is 1.64. The van der Waals surface area contributed by atoms with E-state index in [9.17, 15) is 0 Å². The number of H-pyrrole nitrogens is 1. The number of benzene rings is 1. The molecule has 0 saturated heterocycles. The third-order valence-electron chi connectivity index (χ3n) is 4.57. The van der Waals surface area contributed by atoms with Crippen LogP contribution in [-0.4, -0.2) is 15.7 Å². The molecule has 2 aromatic rings. The Hall–Kier alpha value is -1.29. The molecule has 1 fully saturated rings. The van der Waals surface area contributed by atoms with Crippen LogP contribution in [0, 0.1) is 10.7 Å². The molecule has 1 heterocycles. The fourth-order valence-electron chi connectivity index (χ4n) is 3.53. The van der Waals surface area contributed by atoms with E-state index in [4.69, 9.17) is 17.0 Å². The largest absolute Gasteiger partial charge is 0.489 e. The van der Waals surface area contributed by atoms with E-state index in [2.05, 4.69) is 28.6 Å². The first kappa shape index (κ1) is 14.6. The highest BCUT2D eigenvalue weighted by molar-refractivity contribution is 7.71. The van der Waals surface area contributed by atoms with E-state index in [1.54, 1.807) is 0 Å². The molecule has 1 aliphatic carbocycles. The normalized spacial score (nSPS) is 17.7. The van der Waals surface area contributed by atoms with E-state index < -0.39 is 0 Å². The van der Waals surface area contributed by atoms with Crippen LogP contribution >= 0.6 is 12.2 Å². The Labute approximate surface area is 131 Å². The number of nitrogens with one attached hydrogen (secondary N) is 1. The number of rotatable bonds is 4. The smallest absolute Gasteiger partial charge is 0.178 e. The summed E-state index contributed by atoms with van der Waals surface area (Å²) in [7, 11) is 0. The second kappa shape index (κ2) is 5.84. The summed E-state index contributed by atoms with van der Waals surface area (Å²) < 4.78 is 9.01. The Morgan fingerprint density at radius 1 is 1.24 bits per heavy atom. The Balaban J connectivity index is 2.07. The molecular formula is C17H24N2OS. The lowest BCUT2D eigenvalue weighted by Gasteiger charge is -2.21. The third-order valence-corrected chi connectivity index (χ3v) is 4.87. The van der Waals surface area contributed by atoms with Gasteiger partial charge in [0.05, 0.1) is 11.6 Å². The summed E-state index contributed by atoms with van der Waals surface area (Å²) >= 11 is 5.59. The van der Waals surface area contributed by atoms with E-state index in [0.29, 0.717) is 6.04 Å². The van der Waals surface area contributed by atoms with Crippen LogP contribution < -0.4 is 4.74 Å². The van der Waals surface area contributed by atoms with Gasteiger partial charge >= 0.3 is 0 Å². The standard InChI is InChI=1S/C17H24N2OS/c1-11(2)20-15-10-6-9-14-16(15)18-17(21)19(14)12(3)13-7-4-5-8-13/h6,9-13H,4-5,7-8H2,1-3H3,(H,18,21). The van der Waals surface area contributed by atoms with Crippen molar-refractivity contribution < 1.29 is 4.74 Å². The van der Waals surface area contributed by atoms with Crippen molar-refractivity contribution in [2.24, 2.45) is 5.92 Å². The number of hydrogen-bond acceptors (Lipinski definition) is 2. The summed E-state index contributed by atoms with van der Waals surface area (Å²) in [6.45, 7) is 6.40. The number of nitrogens with zero attached hydrogens (tertiary/aromatic N) is 1. The number of para-hydroxylation sites is 1. The zero-order valence-corrected chi connectivity index (χ0v) is 13.9. The first-order chi connectivity index (χ1) is 10.1. The minimum Gasteiger partial charge on any atom is -0.489 e. The van der Waals surface area contributed by atoms with E-state index in [-0.39, 0.29) is 6.10 Å². The number of fused-ring (bicyclic) bond motifs is 1. The van der Waals surface area contributed by atoms with Crippen molar-refractivity contribution in [3.8, 4) is 5.75 Å². The summed E-state index contributed by atoms with van der Waals surface area (Å²) in [4.78, 5) is 3.36. The molecule has 1 aromatic carbocycles. The van der Waals surface area contributed by atoms with Crippen molar-refractivity contribution in [1.82, 2.24) is 9.55 Å². The van der Waals surface area contributed by atoms with Crippen molar-refractivity contribution in [3.05, 3.63) is 23.0 Å². The van der Waals surface area contributed by atoms with Gasteiger partial charge in [-0.1, -0.05) is 18.9 Å². The number of aromatic nitrogens is 2. The Kier molecular flexibility index (Phi) is 4.07. The second-order valence-electron chi connectivity index (χ2n) is 6.40. The van der Waals surface area contributed by atoms with Gasteiger partial charge in [0.1, 0.15) is 11.3 Å². The van der Waals surface area contributed by atoms with Crippen molar-refractivity contribution in [3.63, 3.8) is 0 Å². The predicted molar refractivity (Wildman–Crippen MR) is 89.6 cm³/mol. The van der Waals surface area contributed by atoms with E-state index >= 15 is 0 Å². The molecule has 1 unspecified atom stereocenters. The van der Waals surface area contributed by atoms with Crippen LogP contribution in [0.5, 0.6) is 5.75 Å². The molecule has 4 heteroatoms. The average Bonchev–Trinajstić information content (AvgIpc) is 3.05. The van der Waals surface area contributed by atoms with Gasteiger partial charge in [-0.05, 0) is 63.9 Å². The molecule has 21 heavy (non-hydrogen) atoms. The molecule has 1 N–H and O–H groups in total. The highest BCUT2D eigenvalue weighted by Gasteiger charge is 2.25. The number of ether oxygens (including phenoxy) is 1.